The second kappa shape index (κ2) is 8.41. The number of benzene rings is 3. The van der Waals surface area contributed by atoms with Crippen LogP contribution in [0.15, 0.2) is 77.9 Å². The third kappa shape index (κ3) is 4.67. The lowest BCUT2D eigenvalue weighted by molar-refractivity contribution is -0.394. The molecule has 9 nitrogen and oxygen atoms in total. The Morgan fingerprint density at radius 2 is 1.68 bits per heavy atom. The monoisotopic (exact) mass is 378 g/mol. The minimum absolute atomic E-state index is 0.0906. The Bertz CT molecular complexity index is 1040. The van der Waals surface area contributed by atoms with E-state index >= 15 is 0 Å². The summed E-state index contributed by atoms with van der Waals surface area (Å²) >= 11 is 0. The van der Waals surface area contributed by atoms with Crippen LogP contribution >= 0.6 is 0 Å². The van der Waals surface area contributed by atoms with Crippen molar-refractivity contribution in [3.63, 3.8) is 0 Å². The van der Waals surface area contributed by atoms with Gasteiger partial charge >= 0.3 is 5.69 Å². The highest BCUT2D eigenvalue weighted by Crippen LogP contribution is 2.34. The van der Waals surface area contributed by atoms with E-state index in [4.69, 9.17) is 4.74 Å². The molecule has 9 heteroatoms. The first-order valence-corrected chi connectivity index (χ1v) is 8.08. The number of anilines is 1. The zero-order chi connectivity index (χ0) is 19.9. The summed E-state index contributed by atoms with van der Waals surface area (Å²) in [5.41, 5.74) is 3.54. The second-order valence-corrected chi connectivity index (χ2v) is 5.58. The van der Waals surface area contributed by atoms with Gasteiger partial charge < -0.3 is 4.74 Å². The summed E-state index contributed by atoms with van der Waals surface area (Å²) in [6.45, 7) is 0. The molecule has 140 valence electrons. The lowest BCUT2D eigenvalue weighted by atomic mass is 10.2. The molecule has 0 aliphatic heterocycles. The molecule has 0 spiro atoms. The molecule has 0 aromatic heterocycles. The van der Waals surface area contributed by atoms with Gasteiger partial charge in [-0.2, -0.15) is 5.10 Å². The van der Waals surface area contributed by atoms with E-state index in [-0.39, 0.29) is 11.4 Å². The molecule has 3 aromatic rings. The predicted molar refractivity (Wildman–Crippen MR) is 104 cm³/mol. The molecule has 0 saturated carbocycles. The van der Waals surface area contributed by atoms with Crippen molar-refractivity contribution in [3.8, 4) is 11.5 Å². The van der Waals surface area contributed by atoms with Crippen molar-refractivity contribution in [1.29, 1.82) is 0 Å². The molecule has 1 N–H and O–H groups in total. The fourth-order valence-electron chi connectivity index (χ4n) is 2.33. The van der Waals surface area contributed by atoms with Gasteiger partial charge in [0.05, 0.1) is 27.8 Å². The van der Waals surface area contributed by atoms with Gasteiger partial charge in [0.2, 0.25) is 5.75 Å². The molecule has 3 rings (SSSR count). The van der Waals surface area contributed by atoms with Crippen LogP contribution in [0.2, 0.25) is 0 Å². The van der Waals surface area contributed by atoms with Gasteiger partial charge in [0.1, 0.15) is 5.75 Å². The molecule has 0 heterocycles. The van der Waals surface area contributed by atoms with Crippen molar-refractivity contribution in [1.82, 2.24) is 0 Å². The van der Waals surface area contributed by atoms with Gasteiger partial charge in [0.15, 0.2) is 0 Å². The maximum absolute atomic E-state index is 11.2. The Kier molecular flexibility index (Phi) is 5.56. The molecule has 28 heavy (non-hydrogen) atoms. The van der Waals surface area contributed by atoms with Gasteiger partial charge in [0, 0.05) is 6.07 Å². The Morgan fingerprint density at radius 3 is 2.39 bits per heavy atom. The van der Waals surface area contributed by atoms with E-state index in [1.54, 1.807) is 30.5 Å². The van der Waals surface area contributed by atoms with Crippen LogP contribution in [0.1, 0.15) is 5.56 Å². The zero-order valence-corrected chi connectivity index (χ0v) is 14.4. The van der Waals surface area contributed by atoms with E-state index in [1.807, 2.05) is 30.3 Å². The average molecular weight is 378 g/mol. The molecule has 0 saturated heterocycles. The van der Waals surface area contributed by atoms with Crippen LogP contribution in [0.25, 0.3) is 0 Å². The Balaban J connectivity index is 1.77. The average Bonchev–Trinajstić information content (AvgIpc) is 2.69. The van der Waals surface area contributed by atoms with Crippen molar-refractivity contribution < 1.29 is 14.6 Å². The Morgan fingerprint density at radius 1 is 0.893 bits per heavy atom. The Labute approximate surface area is 159 Å². The first-order chi connectivity index (χ1) is 13.5. The number of hydrogen-bond acceptors (Lipinski definition) is 7. The van der Waals surface area contributed by atoms with Crippen LogP contribution in [-0.4, -0.2) is 16.1 Å². The number of nitro benzene ring substituents is 2. The highest BCUT2D eigenvalue weighted by molar-refractivity contribution is 5.80. The smallest absolute Gasteiger partial charge is 0.318 e. The van der Waals surface area contributed by atoms with Crippen molar-refractivity contribution in [3.05, 3.63) is 98.6 Å². The van der Waals surface area contributed by atoms with E-state index in [0.717, 1.165) is 17.8 Å². The fraction of sp³-hybridized carbons (Fsp3) is 0. The molecule has 0 amide bonds. The van der Waals surface area contributed by atoms with Gasteiger partial charge in [-0.3, -0.25) is 25.7 Å². The fourth-order valence-corrected chi connectivity index (χ4v) is 2.33. The molecule has 3 aromatic carbocycles. The van der Waals surface area contributed by atoms with E-state index in [2.05, 4.69) is 10.5 Å². The van der Waals surface area contributed by atoms with Crippen molar-refractivity contribution in [2.24, 2.45) is 5.10 Å². The molecule has 0 bridgehead atoms. The summed E-state index contributed by atoms with van der Waals surface area (Å²) in [5.74, 6) is 0.243. The minimum Gasteiger partial charge on any atom is -0.450 e. The number of hydrogen-bond donors (Lipinski definition) is 1. The third-order valence-corrected chi connectivity index (χ3v) is 3.62. The molecular formula is C19H14N4O5. The number of ether oxygens (including phenoxy) is 1. The molecule has 0 radical (unpaired) electrons. The summed E-state index contributed by atoms with van der Waals surface area (Å²) in [4.78, 5) is 20.6. The van der Waals surface area contributed by atoms with Gasteiger partial charge in [-0.05, 0) is 35.9 Å². The maximum atomic E-state index is 11.2. The minimum atomic E-state index is -0.725. The third-order valence-electron chi connectivity index (χ3n) is 3.62. The van der Waals surface area contributed by atoms with Crippen molar-refractivity contribution >= 4 is 23.3 Å². The van der Waals surface area contributed by atoms with Crippen LogP contribution in [-0.2, 0) is 0 Å². The number of nitrogens with one attached hydrogen (secondary N) is 1. The molecule has 0 atom stereocenters. The lowest BCUT2D eigenvalue weighted by Gasteiger charge is -2.07. The molecule has 0 aliphatic carbocycles. The molecule has 0 fully saturated rings. The highest BCUT2D eigenvalue weighted by atomic mass is 16.6. The van der Waals surface area contributed by atoms with Crippen LogP contribution in [0.5, 0.6) is 11.5 Å². The topological polar surface area (TPSA) is 120 Å². The second-order valence-electron chi connectivity index (χ2n) is 5.58. The first-order valence-electron chi connectivity index (χ1n) is 8.08. The summed E-state index contributed by atoms with van der Waals surface area (Å²) in [5, 5.41) is 26.1. The summed E-state index contributed by atoms with van der Waals surface area (Å²) in [7, 11) is 0. The van der Waals surface area contributed by atoms with Crippen LogP contribution in [0.3, 0.4) is 0 Å². The van der Waals surface area contributed by atoms with Crippen LogP contribution < -0.4 is 10.2 Å². The van der Waals surface area contributed by atoms with Crippen LogP contribution in [0.4, 0.5) is 17.1 Å². The Hall–Kier alpha value is -4.27. The molecule has 0 unspecified atom stereocenters. The summed E-state index contributed by atoms with van der Waals surface area (Å²) in [6, 6.07) is 19.4. The first kappa shape index (κ1) is 18.5. The quantitative estimate of drug-likeness (QED) is 0.360. The SMILES string of the molecule is O=[N+]([O-])c1ccc(Oc2cccc(C=NNc3ccccc3)c2)c([N+](=O)[O-])c1. The number of nitro groups is 2. The van der Waals surface area contributed by atoms with E-state index < -0.39 is 15.5 Å². The van der Waals surface area contributed by atoms with Gasteiger partial charge in [0.25, 0.3) is 5.69 Å². The lowest BCUT2D eigenvalue weighted by Crippen LogP contribution is -1.96. The number of non-ortho nitro benzene ring substituents is 1. The van der Waals surface area contributed by atoms with Crippen LogP contribution in [0, 0.1) is 20.2 Å². The number of rotatable bonds is 7. The van der Waals surface area contributed by atoms with Crippen molar-refractivity contribution in [2.75, 3.05) is 5.43 Å². The number of nitrogens with zero attached hydrogens (tertiary/aromatic N) is 3. The van der Waals surface area contributed by atoms with Crippen molar-refractivity contribution in [2.45, 2.75) is 0 Å². The molecular weight excluding hydrogens is 364 g/mol. The van der Waals surface area contributed by atoms with Gasteiger partial charge in [-0.15, -0.1) is 0 Å². The molecule has 0 aliphatic rings. The number of para-hydroxylation sites is 1. The maximum Gasteiger partial charge on any atom is 0.318 e. The highest BCUT2D eigenvalue weighted by Gasteiger charge is 2.21. The van der Waals surface area contributed by atoms with E-state index in [0.29, 0.717) is 11.3 Å². The number of hydrazone groups is 1. The van der Waals surface area contributed by atoms with E-state index in [9.17, 15) is 20.2 Å². The zero-order valence-electron chi connectivity index (χ0n) is 14.4. The summed E-state index contributed by atoms with van der Waals surface area (Å²) < 4.78 is 5.56. The van der Waals surface area contributed by atoms with Gasteiger partial charge in [-0.1, -0.05) is 30.3 Å². The standard InChI is InChI=1S/C19H14N4O5/c24-22(25)16-9-10-19(18(12-16)23(26)27)28-17-8-4-5-14(11-17)13-20-21-15-6-2-1-3-7-15/h1-13,21H. The van der Waals surface area contributed by atoms with Gasteiger partial charge in [-0.25, -0.2) is 0 Å². The normalized spacial score (nSPS) is 10.6. The predicted octanol–water partition coefficient (Wildman–Crippen LogP) is 4.74. The largest absolute Gasteiger partial charge is 0.450 e. The summed E-state index contributed by atoms with van der Waals surface area (Å²) in [6.07, 6.45) is 1.57. The van der Waals surface area contributed by atoms with E-state index in [1.165, 1.54) is 6.07 Å².